The lowest BCUT2D eigenvalue weighted by Crippen LogP contribution is -2.06. The molecule has 5 heteroatoms. The molecule has 0 aliphatic rings. The minimum absolute atomic E-state index is 0.485. The molecule has 1 aromatic carbocycles. The Kier molecular flexibility index (Phi) is 3.09. The lowest BCUT2D eigenvalue weighted by molar-refractivity contribution is 0.713. The van der Waals surface area contributed by atoms with Crippen LogP contribution < -0.4 is 5.73 Å². The summed E-state index contributed by atoms with van der Waals surface area (Å²) in [6.07, 6.45) is 2.60. The van der Waals surface area contributed by atoms with E-state index in [1.165, 1.54) is 0 Å². The summed E-state index contributed by atoms with van der Waals surface area (Å²) < 4.78 is 1.97. The Morgan fingerprint density at radius 3 is 2.84 bits per heavy atom. The predicted octanol–water partition coefficient (Wildman–Crippen LogP) is 2.91. The van der Waals surface area contributed by atoms with Crippen molar-refractivity contribution in [3.63, 3.8) is 0 Å². The van der Waals surface area contributed by atoms with Crippen molar-refractivity contribution in [1.29, 1.82) is 0 Å². The monoisotopic (exact) mass is 272 g/mol. The minimum Gasteiger partial charge on any atom is -0.369 e. The number of benzene rings is 1. The first-order valence-electron chi connectivity index (χ1n) is 6.06. The Balaban J connectivity index is 1.93. The number of aryl methyl sites for hydroxylation is 2. The van der Waals surface area contributed by atoms with Crippen molar-refractivity contribution in [2.75, 3.05) is 5.73 Å². The Morgan fingerprint density at radius 2 is 2.05 bits per heavy atom. The molecule has 0 atom stereocenters. The van der Waals surface area contributed by atoms with Crippen LogP contribution >= 0.6 is 11.6 Å². The smallest absolute Gasteiger partial charge is 0.201 e. The van der Waals surface area contributed by atoms with Crippen molar-refractivity contribution in [2.45, 2.75) is 13.0 Å². The van der Waals surface area contributed by atoms with Crippen molar-refractivity contribution in [3.8, 4) is 0 Å². The molecule has 2 heterocycles. The van der Waals surface area contributed by atoms with Crippen LogP contribution in [0.15, 0.2) is 42.6 Å². The molecule has 96 valence electrons. The number of hydrogen-bond donors (Lipinski definition) is 1. The van der Waals surface area contributed by atoms with Gasteiger partial charge in [0.2, 0.25) is 5.95 Å². The van der Waals surface area contributed by atoms with Gasteiger partial charge in [0.1, 0.15) is 5.52 Å². The number of imidazole rings is 1. The molecule has 0 amide bonds. The van der Waals surface area contributed by atoms with Crippen molar-refractivity contribution in [3.05, 3.63) is 53.3 Å². The Bertz CT molecular complexity index is 706. The maximum atomic E-state index is 6.12. The highest BCUT2D eigenvalue weighted by Crippen LogP contribution is 2.25. The number of fused-ring (bicyclic) bond motifs is 1. The second-order valence-corrected chi connectivity index (χ2v) is 4.71. The molecule has 0 saturated heterocycles. The first-order chi connectivity index (χ1) is 9.25. The van der Waals surface area contributed by atoms with Gasteiger partial charge in [0, 0.05) is 24.9 Å². The van der Waals surface area contributed by atoms with E-state index in [1.54, 1.807) is 6.20 Å². The van der Waals surface area contributed by atoms with Crippen LogP contribution in [0.4, 0.5) is 5.95 Å². The van der Waals surface area contributed by atoms with Crippen LogP contribution in [-0.2, 0) is 13.0 Å². The number of nitrogens with zero attached hydrogens (tertiary/aromatic N) is 3. The third kappa shape index (κ3) is 2.27. The van der Waals surface area contributed by atoms with Crippen LogP contribution in [0.1, 0.15) is 5.69 Å². The van der Waals surface area contributed by atoms with Crippen LogP contribution in [0.3, 0.4) is 0 Å². The summed E-state index contributed by atoms with van der Waals surface area (Å²) >= 11 is 6.12. The van der Waals surface area contributed by atoms with Crippen molar-refractivity contribution < 1.29 is 0 Å². The van der Waals surface area contributed by atoms with E-state index in [9.17, 15) is 0 Å². The van der Waals surface area contributed by atoms with Crippen LogP contribution in [0.5, 0.6) is 0 Å². The number of nitrogen functional groups attached to an aromatic ring is 1. The predicted molar refractivity (Wildman–Crippen MR) is 77.1 cm³/mol. The molecule has 3 rings (SSSR count). The summed E-state index contributed by atoms with van der Waals surface area (Å²) in [4.78, 5) is 8.62. The molecule has 0 saturated carbocycles. The average Bonchev–Trinajstić information content (AvgIpc) is 2.75. The molecular weight excluding hydrogens is 260 g/mol. The number of halogens is 1. The topological polar surface area (TPSA) is 56.7 Å². The van der Waals surface area contributed by atoms with Gasteiger partial charge in [-0.25, -0.2) is 4.98 Å². The Hall–Kier alpha value is -2.07. The lowest BCUT2D eigenvalue weighted by Gasteiger charge is -2.06. The molecule has 0 spiro atoms. The van der Waals surface area contributed by atoms with Gasteiger partial charge >= 0.3 is 0 Å². The van der Waals surface area contributed by atoms with Gasteiger partial charge in [-0.1, -0.05) is 23.7 Å². The quantitative estimate of drug-likeness (QED) is 0.798. The van der Waals surface area contributed by atoms with E-state index in [-0.39, 0.29) is 0 Å². The van der Waals surface area contributed by atoms with Crippen LogP contribution in [0.25, 0.3) is 11.0 Å². The molecule has 0 bridgehead atoms. The number of hydrogen-bond acceptors (Lipinski definition) is 3. The van der Waals surface area contributed by atoms with E-state index in [2.05, 4.69) is 9.97 Å². The number of pyridine rings is 1. The summed E-state index contributed by atoms with van der Waals surface area (Å²) in [6.45, 7) is 0.736. The van der Waals surface area contributed by atoms with E-state index in [4.69, 9.17) is 17.3 Å². The lowest BCUT2D eigenvalue weighted by atomic mass is 10.2. The zero-order valence-electron chi connectivity index (χ0n) is 10.3. The fourth-order valence-corrected chi connectivity index (χ4v) is 2.35. The van der Waals surface area contributed by atoms with Crippen LogP contribution in [-0.4, -0.2) is 14.5 Å². The SMILES string of the molecule is Nc1nc2c(Cl)cccc2n1CCc1ccccn1. The van der Waals surface area contributed by atoms with Gasteiger partial charge in [-0.15, -0.1) is 0 Å². The number of rotatable bonds is 3. The van der Waals surface area contributed by atoms with E-state index in [1.807, 2.05) is 41.0 Å². The van der Waals surface area contributed by atoms with E-state index < -0.39 is 0 Å². The number of para-hydroxylation sites is 1. The molecule has 0 fully saturated rings. The summed E-state index contributed by atoms with van der Waals surface area (Å²) in [5.74, 6) is 0.485. The second-order valence-electron chi connectivity index (χ2n) is 4.30. The average molecular weight is 273 g/mol. The van der Waals surface area contributed by atoms with Crippen LogP contribution in [0, 0.1) is 0 Å². The highest BCUT2D eigenvalue weighted by molar-refractivity contribution is 6.35. The first kappa shape index (κ1) is 12.0. The number of anilines is 1. The highest BCUT2D eigenvalue weighted by atomic mass is 35.5. The summed E-state index contributed by atoms with van der Waals surface area (Å²) in [6, 6.07) is 11.6. The first-order valence-corrected chi connectivity index (χ1v) is 6.43. The number of nitrogens with two attached hydrogens (primary N) is 1. The van der Waals surface area contributed by atoms with Gasteiger partial charge in [-0.3, -0.25) is 4.98 Å². The van der Waals surface area contributed by atoms with Crippen molar-refractivity contribution >= 4 is 28.6 Å². The van der Waals surface area contributed by atoms with Gasteiger partial charge in [0.25, 0.3) is 0 Å². The third-order valence-corrected chi connectivity index (χ3v) is 3.38. The summed E-state index contributed by atoms with van der Waals surface area (Å²) in [7, 11) is 0. The zero-order chi connectivity index (χ0) is 13.2. The zero-order valence-corrected chi connectivity index (χ0v) is 11.0. The molecule has 0 aliphatic carbocycles. The van der Waals surface area contributed by atoms with Gasteiger partial charge in [-0.05, 0) is 24.3 Å². The minimum atomic E-state index is 0.485. The fraction of sp³-hybridized carbons (Fsp3) is 0.143. The van der Waals surface area contributed by atoms with Crippen LogP contribution in [0.2, 0.25) is 5.02 Å². The molecule has 2 aromatic heterocycles. The van der Waals surface area contributed by atoms with E-state index in [0.717, 1.165) is 29.7 Å². The van der Waals surface area contributed by atoms with Crippen molar-refractivity contribution in [1.82, 2.24) is 14.5 Å². The van der Waals surface area contributed by atoms with Gasteiger partial charge < -0.3 is 10.3 Å². The standard InChI is InChI=1S/C14H13ClN4/c15-11-5-3-6-12-13(11)18-14(16)19(12)9-7-10-4-1-2-8-17-10/h1-6,8H,7,9H2,(H2,16,18). The maximum Gasteiger partial charge on any atom is 0.201 e. The van der Waals surface area contributed by atoms with Gasteiger partial charge in [-0.2, -0.15) is 0 Å². The molecule has 2 N–H and O–H groups in total. The molecule has 19 heavy (non-hydrogen) atoms. The molecule has 0 unspecified atom stereocenters. The summed E-state index contributed by atoms with van der Waals surface area (Å²) in [5.41, 5.74) is 8.70. The van der Waals surface area contributed by atoms with Gasteiger partial charge in [0.05, 0.1) is 10.5 Å². The Labute approximate surface area is 115 Å². The molecular formula is C14H13ClN4. The van der Waals surface area contributed by atoms with Gasteiger partial charge in [0.15, 0.2) is 0 Å². The second kappa shape index (κ2) is 4.90. The Morgan fingerprint density at radius 1 is 1.16 bits per heavy atom. The molecule has 4 nitrogen and oxygen atoms in total. The normalized spacial score (nSPS) is 11.0. The van der Waals surface area contributed by atoms with Crippen molar-refractivity contribution in [2.24, 2.45) is 0 Å². The summed E-state index contributed by atoms with van der Waals surface area (Å²) in [5, 5.41) is 0.626. The van der Waals surface area contributed by atoms with E-state index in [0.29, 0.717) is 11.0 Å². The van der Waals surface area contributed by atoms with E-state index >= 15 is 0 Å². The largest absolute Gasteiger partial charge is 0.369 e. The highest BCUT2D eigenvalue weighted by Gasteiger charge is 2.10. The maximum absolute atomic E-state index is 6.12. The fourth-order valence-electron chi connectivity index (χ4n) is 2.14. The molecule has 0 aliphatic heterocycles. The molecule has 3 aromatic rings. The molecule has 0 radical (unpaired) electrons. The number of aromatic nitrogens is 3. The third-order valence-electron chi connectivity index (χ3n) is 3.08.